The van der Waals surface area contributed by atoms with Crippen molar-refractivity contribution in [2.45, 2.75) is 26.3 Å². The van der Waals surface area contributed by atoms with Crippen LogP contribution in [0, 0.1) is 6.92 Å². The molecule has 0 aliphatic carbocycles. The first kappa shape index (κ1) is 13.6. The minimum Gasteiger partial charge on any atom is -0.406 e. The summed E-state index contributed by atoms with van der Waals surface area (Å²) in [5.74, 6) is -0.271. The average molecular weight is 270 g/mol. The smallest absolute Gasteiger partial charge is 0.406 e. The first-order chi connectivity index (χ1) is 8.76. The van der Waals surface area contributed by atoms with Crippen molar-refractivity contribution in [3.05, 3.63) is 35.5 Å². The molecule has 0 aliphatic rings. The summed E-state index contributed by atoms with van der Waals surface area (Å²) in [6.45, 7) is 3.58. The summed E-state index contributed by atoms with van der Waals surface area (Å²) in [5.41, 5.74) is 7.95. The third-order valence-corrected chi connectivity index (χ3v) is 2.66. The fraction of sp³-hybridized carbons (Fsp3) is 0.308. The van der Waals surface area contributed by atoms with Gasteiger partial charge < -0.3 is 10.5 Å². The first-order valence-electron chi connectivity index (χ1n) is 5.69. The Kier molecular flexibility index (Phi) is 3.36. The van der Waals surface area contributed by atoms with E-state index in [4.69, 9.17) is 5.73 Å². The molecule has 1 atom stereocenters. The fourth-order valence-electron chi connectivity index (χ4n) is 1.94. The zero-order valence-corrected chi connectivity index (χ0v) is 10.5. The summed E-state index contributed by atoms with van der Waals surface area (Å²) < 4.78 is 40.5. The molecule has 1 heterocycles. The molecule has 102 valence electrons. The highest BCUT2D eigenvalue weighted by Gasteiger charge is 2.31. The molecule has 0 fully saturated rings. The van der Waals surface area contributed by atoms with E-state index in [0.717, 1.165) is 11.3 Å². The van der Waals surface area contributed by atoms with E-state index in [2.05, 4.69) is 9.72 Å². The molecule has 0 spiro atoms. The first-order valence-corrected chi connectivity index (χ1v) is 5.69. The van der Waals surface area contributed by atoms with Crippen LogP contribution in [0.2, 0.25) is 0 Å². The Balaban J connectivity index is 2.57. The average Bonchev–Trinajstić information content (AvgIpc) is 2.26. The SMILES string of the molecule is Cc1cc(C(C)N)c2cc(OC(F)(F)F)ccc2n1. The number of rotatable bonds is 2. The molecule has 0 aliphatic heterocycles. The van der Waals surface area contributed by atoms with Crippen molar-refractivity contribution in [2.24, 2.45) is 5.73 Å². The van der Waals surface area contributed by atoms with Crippen molar-refractivity contribution >= 4 is 10.9 Å². The van der Waals surface area contributed by atoms with Gasteiger partial charge in [-0.15, -0.1) is 13.2 Å². The molecular weight excluding hydrogens is 257 g/mol. The van der Waals surface area contributed by atoms with Crippen LogP contribution in [0.3, 0.4) is 0 Å². The van der Waals surface area contributed by atoms with Crippen molar-refractivity contribution in [3.63, 3.8) is 0 Å². The van der Waals surface area contributed by atoms with E-state index in [9.17, 15) is 13.2 Å². The van der Waals surface area contributed by atoms with Crippen LogP contribution in [-0.2, 0) is 0 Å². The van der Waals surface area contributed by atoms with E-state index >= 15 is 0 Å². The highest BCUT2D eigenvalue weighted by molar-refractivity contribution is 5.84. The molecule has 0 amide bonds. The van der Waals surface area contributed by atoms with E-state index in [1.165, 1.54) is 18.2 Å². The van der Waals surface area contributed by atoms with Crippen LogP contribution in [0.15, 0.2) is 24.3 Å². The second-order valence-electron chi connectivity index (χ2n) is 4.37. The molecule has 1 aromatic heterocycles. The molecule has 1 aromatic carbocycles. The minimum absolute atomic E-state index is 0.271. The summed E-state index contributed by atoms with van der Waals surface area (Å²) in [4.78, 5) is 4.26. The molecule has 2 N–H and O–H groups in total. The van der Waals surface area contributed by atoms with Crippen LogP contribution in [-0.4, -0.2) is 11.3 Å². The molecule has 0 bridgehead atoms. The Morgan fingerprint density at radius 2 is 1.95 bits per heavy atom. The Labute approximate surface area is 108 Å². The number of fused-ring (bicyclic) bond motifs is 1. The predicted octanol–water partition coefficient (Wildman–Crippen LogP) is 3.46. The number of nitrogens with zero attached hydrogens (tertiary/aromatic N) is 1. The van der Waals surface area contributed by atoms with Crippen molar-refractivity contribution in [3.8, 4) is 5.75 Å². The van der Waals surface area contributed by atoms with Gasteiger partial charge in [0, 0.05) is 17.1 Å². The van der Waals surface area contributed by atoms with Gasteiger partial charge in [-0.2, -0.15) is 0 Å². The van der Waals surface area contributed by atoms with E-state index in [-0.39, 0.29) is 11.8 Å². The molecule has 2 rings (SSSR count). The number of benzene rings is 1. The molecule has 2 aromatic rings. The standard InChI is InChI=1S/C13H13F3N2O/c1-7-5-10(8(2)17)11-6-9(19-13(14,15)16)3-4-12(11)18-7/h3-6,8H,17H2,1-2H3. The van der Waals surface area contributed by atoms with Gasteiger partial charge in [-0.25, -0.2) is 0 Å². The van der Waals surface area contributed by atoms with Crippen molar-refractivity contribution < 1.29 is 17.9 Å². The zero-order valence-electron chi connectivity index (χ0n) is 10.5. The van der Waals surface area contributed by atoms with Crippen LogP contribution in [0.1, 0.15) is 24.2 Å². The van der Waals surface area contributed by atoms with Gasteiger partial charge in [-0.05, 0) is 43.7 Å². The normalized spacial score (nSPS) is 13.6. The topological polar surface area (TPSA) is 48.1 Å². The number of hydrogen-bond donors (Lipinski definition) is 1. The number of pyridine rings is 1. The van der Waals surface area contributed by atoms with Gasteiger partial charge in [0.15, 0.2) is 0 Å². The van der Waals surface area contributed by atoms with Gasteiger partial charge in [-0.3, -0.25) is 4.98 Å². The Morgan fingerprint density at radius 3 is 2.53 bits per heavy atom. The van der Waals surface area contributed by atoms with E-state index < -0.39 is 6.36 Å². The molecule has 19 heavy (non-hydrogen) atoms. The summed E-state index contributed by atoms with van der Waals surface area (Å²) in [7, 11) is 0. The number of aryl methyl sites for hydroxylation is 1. The van der Waals surface area contributed by atoms with Crippen LogP contribution >= 0.6 is 0 Å². The molecule has 0 radical (unpaired) electrons. The number of nitrogens with two attached hydrogens (primary N) is 1. The van der Waals surface area contributed by atoms with Crippen LogP contribution in [0.4, 0.5) is 13.2 Å². The van der Waals surface area contributed by atoms with Crippen LogP contribution in [0.25, 0.3) is 10.9 Å². The molecule has 1 unspecified atom stereocenters. The summed E-state index contributed by atoms with van der Waals surface area (Å²) in [6, 6.07) is 5.52. The highest BCUT2D eigenvalue weighted by atomic mass is 19.4. The van der Waals surface area contributed by atoms with Crippen molar-refractivity contribution in [1.29, 1.82) is 0 Å². The van der Waals surface area contributed by atoms with Gasteiger partial charge in [0.05, 0.1) is 5.52 Å². The lowest BCUT2D eigenvalue weighted by Crippen LogP contribution is -2.17. The quantitative estimate of drug-likeness (QED) is 0.909. The number of hydrogen-bond acceptors (Lipinski definition) is 3. The van der Waals surface area contributed by atoms with Crippen molar-refractivity contribution in [1.82, 2.24) is 4.98 Å². The van der Waals surface area contributed by atoms with Crippen LogP contribution in [0.5, 0.6) is 5.75 Å². The molecule has 0 saturated heterocycles. The number of aromatic nitrogens is 1. The second kappa shape index (κ2) is 4.70. The largest absolute Gasteiger partial charge is 0.573 e. The molecule has 3 nitrogen and oxygen atoms in total. The minimum atomic E-state index is -4.71. The van der Waals surface area contributed by atoms with E-state index in [1.54, 1.807) is 13.0 Å². The monoisotopic (exact) mass is 270 g/mol. The van der Waals surface area contributed by atoms with E-state index in [1.807, 2.05) is 6.92 Å². The van der Waals surface area contributed by atoms with E-state index in [0.29, 0.717) is 10.9 Å². The maximum absolute atomic E-state index is 12.2. The number of ether oxygens (including phenoxy) is 1. The lowest BCUT2D eigenvalue weighted by atomic mass is 10.0. The summed E-state index contributed by atoms with van der Waals surface area (Å²) in [6.07, 6.45) is -4.71. The van der Waals surface area contributed by atoms with Gasteiger partial charge in [0.1, 0.15) is 5.75 Å². The highest BCUT2D eigenvalue weighted by Crippen LogP contribution is 2.29. The lowest BCUT2D eigenvalue weighted by Gasteiger charge is -2.13. The third-order valence-electron chi connectivity index (χ3n) is 2.66. The zero-order chi connectivity index (χ0) is 14.2. The fourth-order valence-corrected chi connectivity index (χ4v) is 1.94. The Bertz CT molecular complexity index is 609. The molecule has 6 heteroatoms. The molecule has 0 saturated carbocycles. The number of alkyl halides is 3. The van der Waals surface area contributed by atoms with Crippen molar-refractivity contribution in [2.75, 3.05) is 0 Å². The third kappa shape index (κ3) is 3.14. The maximum Gasteiger partial charge on any atom is 0.573 e. The second-order valence-corrected chi connectivity index (χ2v) is 4.37. The summed E-state index contributed by atoms with van der Waals surface area (Å²) >= 11 is 0. The van der Waals surface area contributed by atoms with Gasteiger partial charge in [0.2, 0.25) is 0 Å². The predicted molar refractivity (Wildman–Crippen MR) is 65.8 cm³/mol. The Morgan fingerprint density at radius 1 is 1.26 bits per heavy atom. The van der Waals surface area contributed by atoms with Gasteiger partial charge >= 0.3 is 6.36 Å². The Hall–Kier alpha value is -1.82. The van der Waals surface area contributed by atoms with Gasteiger partial charge in [0.25, 0.3) is 0 Å². The number of halogens is 3. The van der Waals surface area contributed by atoms with Gasteiger partial charge in [-0.1, -0.05) is 0 Å². The van der Waals surface area contributed by atoms with Crippen LogP contribution < -0.4 is 10.5 Å². The summed E-state index contributed by atoms with van der Waals surface area (Å²) in [5, 5.41) is 0.572. The lowest BCUT2D eigenvalue weighted by molar-refractivity contribution is -0.274. The maximum atomic E-state index is 12.2. The molecular formula is C13H13F3N2O.